The van der Waals surface area contributed by atoms with Gasteiger partial charge in [-0.05, 0) is 23.7 Å². The molecule has 0 fully saturated rings. The number of halogens is 1. The topological polar surface area (TPSA) is 79.4 Å². The maximum atomic E-state index is 12.9. The minimum absolute atomic E-state index is 0.000741. The fourth-order valence-electron chi connectivity index (χ4n) is 1.36. The van der Waals surface area contributed by atoms with Crippen LogP contribution in [-0.2, 0) is 0 Å². The molecule has 0 spiro atoms. The van der Waals surface area contributed by atoms with Crippen LogP contribution in [0.2, 0.25) is 0 Å². The van der Waals surface area contributed by atoms with Gasteiger partial charge in [0.2, 0.25) is 11.7 Å². The second-order valence-corrected chi connectivity index (χ2v) is 3.24. The van der Waals surface area contributed by atoms with E-state index in [0.29, 0.717) is 11.5 Å². The molecule has 0 aliphatic heterocycles. The molecule has 2 N–H and O–H groups in total. The number of rotatable bonds is 2. The lowest BCUT2D eigenvalue weighted by Crippen LogP contribution is -2.32. The Hall–Kier alpha value is -1.73. The predicted molar refractivity (Wildman–Crippen MR) is 54.3 cm³/mol. The molecule has 0 radical (unpaired) electrons. The summed E-state index contributed by atoms with van der Waals surface area (Å²) in [5.74, 6) is -0.0228. The Morgan fingerprint density at radius 2 is 2.12 bits per heavy atom. The molecule has 16 heavy (non-hydrogen) atoms. The van der Waals surface area contributed by atoms with Crippen molar-refractivity contribution in [2.75, 3.05) is 0 Å². The molecular formula is C9H8BFN2O3. The van der Waals surface area contributed by atoms with E-state index in [9.17, 15) is 4.39 Å². The van der Waals surface area contributed by atoms with E-state index in [2.05, 4.69) is 10.1 Å². The molecule has 0 saturated carbocycles. The second-order valence-electron chi connectivity index (χ2n) is 3.24. The first kappa shape index (κ1) is 10.8. The molecule has 0 amide bonds. The van der Waals surface area contributed by atoms with E-state index in [1.54, 1.807) is 6.92 Å². The molecule has 2 rings (SSSR count). The van der Waals surface area contributed by atoms with Crippen LogP contribution in [-0.4, -0.2) is 27.3 Å². The molecule has 0 aliphatic carbocycles. The van der Waals surface area contributed by atoms with Gasteiger partial charge < -0.3 is 14.6 Å². The van der Waals surface area contributed by atoms with Crippen molar-refractivity contribution in [1.82, 2.24) is 10.1 Å². The maximum Gasteiger partial charge on any atom is 0.489 e. The molecule has 7 heteroatoms. The van der Waals surface area contributed by atoms with Gasteiger partial charge in [-0.2, -0.15) is 4.98 Å². The summed E-state index contributed by atoms with van der Waals surface area (Å²) in [7, 11) is -1.79. The van der Waals surface area contributed by atoms with Crippen LogP contribution in [0.1, 0.15) is 5.89 Å². The fourth-order valence-corrected chi connectivity index (χ4v) is 1.36. The highest BCUT2D eigenvalue weighted by molar-refractivity contribution is 6.60. The van der Waals surface area contributed by atoms with Crippen molar-refractivity contribution in [1.29, 1.82) is 0 Å². The summed E-state index contributed by atoms with van der Waals surface area (Å²) in [6, 6.07) is 3.58. The summed E-state index contributed by atoms with van der Waals surface area (Å²) >= 11 is 0. The number of nitrogens with zero attached hydrogens (tertiary/aromatic N) is 2. The third kappa shape index (κ3) is 1.95. The van der Waals surface area contributed by atoms with Gasteiger partial charge in [-0.25, -0.2) is 4.39 Å². The van der Waals surface area contributed by atoms with Crippen LogP contribution in [0.15, 0.2) is 22.7 Å². The van der Waals surface area contributed by atoms with Gasteiger partial charge in [-0.1, -0.05) is 5.16 Å². The van der Waals surface area contributed by atoms with Crippen molar-refractivity contribution in [3.8, 4) is 11.4 Å². The van der Waals surface area contributed by atoms with Crippen LogP contribution in [0, 0.1) is 12.7 Å². The third-order valence-electron chi connectivity index (χ3n) is 2.06. The predicted octanol–water partition coefficient (Wildman–Crippen LogP) is -0.136. The van der Waals surface area contributed by atoms with Gasteiger partial charge in [0.05, 0.1) is 0 Å². The maximum absolute atomic E-state index is 12.9. The van der Waals surface area contributed by atoms with E-state index in [0.717, 1.165) is 6.07 Å². The molecule has 0 atom stereocenters. The lowest BCUT2D eigenvalue weighted by molar-refractivity contribution is 0.394. The molecule has 0 aliphatic rings. The highest BCUT2D eigenvalue weighted by Gasteiger charge is 2.20. The molecule has 0 unspecified atom stereocenters. The van der Waals surface area contributed by atoms with Gasteiger partial charge in [0.25, 0.3) is 0 Å². The van der Waals surface area contributed by atoms with Crippen molar-refractivity contribution in [2.24, 2.45) is 0 Å². The van der Waals surface area contributed by atoms with Crippen molar-refractivity contribution in [3.05, 3.63) is 29.9 Å². The van der Waals surface area contributed by atoms with E-state index >= 15 is 0 Å². The van der Waals surface area contributed by atoms with Crippen LogP contribution in [0.5, 0.6) is 0 Å². The van der Waals surface area contributed by atoms with Crippen LogP contribution >= 0.6 is 0 Å². The van der Waals surface area contributed by atoms with E-state index < -0.39 is 12.9 Å². The zero-order valence-corrected chi connectivity index (χ0v) is 8.38. The number of benzene rings is 1. The second kappa shape index (κ2) is 4.03. The average molecular weight is 222 g/mol. The van der Waals surface area contributed by atoms with Crippen LogP contribution in [0.25, 0.3) is 11.4 Å². The molecule has 0 saturated heterocycles. The van der Waals surface area contributed by atoms with E-state index in [1.807, 2.05) is 0 Å². The van der Waals surface area contributed by atoms with Gasteiger partial charge >= 0.3 is 7.12 Å². The molecule has 1 aromatic carbocycles. The zero-order chi connectivity index (χ0) is 11.7. The smallest absolute Gasteiger partial charge is 0.423 e. The minimum atomic E-state index is -1.79. The van der Waals surface area contributed by atoms with E-state index in [1.165, 1.54) is 12.1 Å². The Kier molecular flexibility index (Phi) is 2.72. The van der Waals surface area contributed by atoms with E-state index in [-0.39, 0.29) is 11.3 Å². The first-order chi connectivity index (χ1) is 7.58. The molecule has 82 valence electrons. The highest BCUT2D eigenvalue weighted by atomic mass is 19.1. The SMILES string of the molecule is Cc1nc(-c2ccc(F)cc2B(O)O)no1. The van der Waals surface area contributed by atoms with Gasteiger partial charge in [0.1, 0.15) is 5.82 Å². The normalized spacial score (nSPS) is 10.5. The highest BCUT2D eigenvalue weighted by Crippen LogP contribution is 2.14. The summed E-state index contributed by atoms with van der Waals surface area (Å²) in [5, 5.41) is 21.8. The lowest BCUT2D eigenvalue weighted by Gasteiger charge is -2.04. The van der Waals surface area contributed by atoms with Crippen molar-refractivity contribution >= 4 is 12.6 Å². The zero-order valence-electron chi connectivity index (χ0n) is 8.38. The number of aryl methyl sites for hydroxylation is 1. The summed E-state index contributed by atoms with van der Waals surface area (Å²) < 4.78 is 17.7. The third-order valence-corrected chi connectivity index (χ3v) is 2.06. The molecule has 1 heterocycles. The first-order valence-electron chi connectivity index (χ1n) is 4.54. The molecule has 0 bridgehead atoms. The van der Waals surface area contributed by atoms with Crippen molar-refractivity contribution in [2.45, 2.75) is 6.92 Å². The van der Waals surface area contributed by atoms with Crippen molar-refractivity contribution < 1.29 is 19.0 Å². The van der Waals surface area contributed by atoms with Gasteiger partial charge in [-0.15, -0.1) is 0 Å². The van der Waals surface area contributed by atoms with Gasteiger partial charge in [0, 0.05) is 12.5 Å². The van der Waals surface area contributed by atoms with E-state index in [4.69, 9.17) is 14.6 Å². The largest absolute Gasteiger partial charge is 0.489 e. The minimum Gasteiger partial charge on any atom is -0.423 e. The fraction of sp³-hybridized carbons (Fsp3) is 0.111. The standard InChI is InChI=1S/C9H8BFN2O3/c1-5-12-9(13-16-5)7-3-2-6(11)4-8(7)10(14)15/h2-4,14-15H,1H3. The van der Waals surface area contributed by atoms with Gasteiger partial charge in [0.15, 0.2) is 0 Å². The van der Waals surface area contributed by atoms with Crippen LogP contribution in [0.3, 0.4) is 0 Å². The molecule has 2 aromatic rings. The summed E-state index contributed by atoms with van der Waals surface area (Å²) in [6.45, 7) is 1.61. The Balaban J connectivity index is 2.56. The number of hydrogen-bond donors (Lipinski definition) is 2. The Labute approximate surface area is 90.7 Å². The summed E-state index contributed by atoms with van der Waals surface area (Å²) in [6.07, 6.45) is 0. The lowest BCUT2D eigenvalue weighted by atomic mass is 9.77. The Morgan fingerprint density at radius 1 is 1.38 bits per heavy atom. The van der Waals surface area contributed by atoms with Crippen LogP contribution in [0.4, 0.5) is 4.39 Å². The number of aromatic nitrogens is 2. The molecular weight excluding hydrogens is 214 g/mol. The monoisotopic (exact) mass is 222 g/mol. The quantitative estimate of drug-likeness (QED) is 0.691. The van der Waals surface area contributed by atoms with Crippen LogP contribution < -0.4 is 5.46 Å². The summed E-state index contributed by atoms with van der Waals surface area (Å²) in [4.78, 5) is 3.93. The van der Waals surface area contributed by atoms with Gasteiger partial charge in [-0.3, -0.25) is 0 Å². The Morgan fingerprint density at radius 3 is 2.69 bits per heavy atom. The molecule has 1 aromatic heterocycles. The van der Waals surface area contributed by atoms with Crippen molar-refractivity contribution in [3.63, 3.8) is 0 Å². The Bertz CT molecular complexity index is 515. The molecule has 5 nitrogen and oxygen atoms in total. The average Bonchev–Trinajstić information content (AvgIpc) is 2.64. The first-order valence-corrected chi connectivity index (χ1v) is 4.54. The number of hydrogen-bond acceptors (Lipinski definition) is 5. The summed E-state index contributed by atoms with van der Waals surface area (Å²) in [5.41, 5.74) is 0.328.